The van der Waals surface area contributed by atoms with Crippen molar-refractivity contribution in [2.75, 3.05) is 36.6 Å². The third-order valence-corrected chi connectivity index (χ3v) is 12.4. The van der Waals surface area contributed by atoms with E-state index in [-0.39, 0.29) is 28.1 Å². The number of nitrogens with one attached hydrogen (secondary N) is 1. The number of carbonyl (C=O) groups excluding carboxylic acids is 2. The molecule has 2 aliphatic heterocycles. The lowest BCUT2D eigenvalue weighted by atomic mass is 10.1. The van der Waals surface area contributed by atoms with E-state index >= 15 is 0 Å². The number of hydrogen-bond acceptors (Lipinski definition) is 7. The van der Waals surface area contributed by atoms with Crippen LogP contribution in [-0.4, -0.2) is 64.6 Å². The van der Waals surface area contributed by atoms with E-state index in [0.717, 1.165) is 63.0 Å². The van der Waals surface area contributed by atoms with Gasteiger partial charge in [0.1, 0.15) is 0 Å². The smallest absolute Gasteiger partial charge is 0.398 e. The van der Waals surface area contributed by atoms with Crippen molar-refractivity contribution < 1.29 is 52.8 Å². The zero-order chi connectivity index (χ0) is 44.1. The minimum Gasteiger partial charge on any atom is -0.398 e. The average Bonchev–Trinajstić information content (AvgIpc) is 3.87. The highest BCUT2D eigenvalue weighted by Crippen LogP contribution is 2.38. The maximum absolute atomic E-state index is 13.1. The first-order valence-corrected chi connectivity index (χ1v) is 22.2. The molecule has 320 valence electrons. The maximum Gasteiger partial charge on any atom is 0.417 e. The molecule has 0 aliphatic carbocycles. The number of halogens is 11. The first kappa shape index (κ1) is 48.0. The van der Waals surface area contributed by atoms with Gasteiger partial charge >= 0.3 is 12.4 Å². The second kappa shape index (κ2) is 19.4. The zero-order valence-corrected chi connectivity index (χ0v) is 35.4. The molecule has 2 saturated heterocycles. The van der Waals surface area contributed by atoms with Gasteiger partial charge in [-0.3, -0.25) is 14.3 Å². The van der Waals surface area contributed by atoms with Gasteiger partial charge in [-0.1, -0.05) is 46.4 Å². The Morgan fingerprint density at radius 3 is 1.44 bits per heavy atom. The number of nitrogens with zero attached hydrogens (tertiary/aromatic N) is 2. The summed E-state index contributed by atoms with van der Waals surface area (Å²) in [5.74, 6) is -0.370. The van der Waals surface area contributed by atoms with Crippen LogP contribution in [0.2, 0.25) is 20.1 Å². The lowest BCUT2D eigenvalue weighted by Gasteiger charge is -2.19. The Hall–Kier alpha value is -3.65. The van der Waals surface area contributed by atoms with Crippen LogP contribution in [0.5, 0.6) is 0 Å². The molecule has 0 unspecified atom stereocenters. The van der Waals surface area contributed by atoms with E-state index in [2.05, 4.69) is 4.72 Å². The number of nitrogen functional groups attached to an aromatic ring is 1. The number of sulfonamides is 1. The van der Waals surface area contributed by atoms with Crippen molar-refractivity contribution in [2.24, 2.45) is 0 Å². The van der Waals surface area contributed by atoms with Crippen LogP contribution in [0.4, 0.5) is 37.7 Å². The van der Waals surface area contributed by atoms with Gasteiger partial charge < -0.3 is 15.5 Å². The Balaban J connectivity index is 0.000000215. The van der Waals surface area contributed by atoms with Crippen LogP contribution in [0.3, 0.4) is 0 Å². The molecule has 2 heterocycles. The summed E-state index contributed by atoms with van der Waals surface area (Å²) in [5, 5.41) is -0.478. The van der Waals surface area contributed by atoms with Crippen LogP contribution in [0.25, 0.3) is 0 Å². The Kier molecular flexibility index (Phi) is 15.8. The molecule has 4 aromatic rings. The molecule has 0 bridgehead atoms. The van der Waals surface area contributed by atoms with Gasteiger partial charge in [-0.05, 0) is 98.5 Å². The summed E-state index contributed by atoms with van der Waals surface area (Å²) >= 11 is 22.5. The number of anilines is 2. The fourth-order valence-electron chi connectivity index (χ4n) is 5.66. The van der Waals surface area contributed by atoms with Gasteiger partial charge in [0.05, 0.1) is 47.8 Å². The van der Waals surface area contributed by atoms with Crippen molar-refractivity contribution in [1.82, 2.24) is 9.80 Å². The molecule has 59 heavy (non-hydrogen) atoms. The summed E-state index contributed by atoms with van der Waals surface area (Å²) in [6.45, 7) is 2.75. The van der Waals surface area contributed by atoms with E-state index in [9.17, 15) is 52.8 Å². The molecule has 4 aromatic carbocycles. The van der Waals surface area contributed by atoms with E-state index in [1.807, 2.05) is 4.90 Å². The van der Waals surface area contributed by atoms with Gasteiger partial charge in [-0.2, -0.15) is 26.3 Å². The summed E-state index contributed by atoms with van der Waals surface area (Å²) in [4.78, 5) is 26.8. The van der Waals surface area contributed by atoms with E-state index in [4.69, 9.17) is 62.8 Å². The van der Waals surface area contributed by atoms with Crippen molar-refractivity contribution in [3.05, 3.63) is 115 Å². The molecule has 0 spiro atoms. The number of likely N-dealkylation sites (tertiary alicyclic amines) is 2. The molecular weight excluding hydrogens is 940 g/mol. The SMILES string of the molecule is Nc1cc(Cl)ccc1C(=O)N1CCCC1.O=C(c1ccc(Cl)cc1NS(=O)(=O)c1ccc(Cl)c(C(F)(F)F)c1)N1CCCC1.O=S(=O)(Cl)c1ccc(Cl)c(C(F)(F)F)c1. The van der Waals surface area contributed by atoms with Gasteiger partial charge in [0.15, 0.2) is 0 Å². The number of hydrogen-bond donors (Lipinski definition) is 2. The Labute approximate surface area is 359 Å². The van der Waals surface area contributed by atoms with E-state index in [1.165, 1.54) is 18.2 Å². The minimum atomic E-state index is -4.82. The summed E-state index contributed by atoms with van der Waals surface area (Å²) < 4.78 is 125. The number of benzene rings is 4. The normalized spacial score (nSPS) is 14.6. The number of rotatable bonds is 6. The van der Waals surface area contributed by atoms with Gasteiger partial charge in [-0.15, -0.1) is 0 Å². The highest BCUT2D eigenvalue weighted by molar-refractivity contribution is 8.13. The monoisotopic (exact) mass is 968 g/mol. The van der Waals surface area contributed by atoms with E-state index in [1.54, 1.807) is 23.1 Å². The third kappa shape index (κ3) is 12.9. The largest absolute Gasteiger partial charge is 0.417 e. The fourth-order valence-corrected chi connectivity index (χ4v) is 8.34. The van der Waals surface area contributed by atoms with E-state index < -0.39 is 62.4 Å². The number of alkyl halides is 6. The first-order chi connectivity index (χ1) is 27.3. The van der Waals surface area contributed by atoms with Crippen molar-refractivity contribution in [1.29, 1.82) is 0 Å². The van der Waals surface area contributed by atoms with Crippen LogP contribution in [0, 0.1) is 0 Å². The van der Waals surface area contributed by atoms with E-state index in [0.29, 0.717) is 41.5 Å². The van der Waals surface area contributed by atoms with Crippen molar-refractivity contribution in [3.8, 4) is 0 Å². The van der Waals surface area contributed by atoms with Crippen LogP contribution >= 0.6 is 57.1 Å². The molecular formula is C36H31Cl5F6N4O6S2. The van der Waals surface area contributed by atoms with Crippen molar-refractivity contribution in [3.63, 3.8) is 0 Å². The van der Waals surface area contributed by atoms with Gasteiger partial charge in [0, 0.05) is 52.6 Å². The standard InChI is InChI=1S/C18H15Cl2F3N2O3S.C11H13ClN2O.C7H3Cl2F3O2S/c19-11-3-5-13(17(26)25-7-1-2-8-25)16(9-11)24-29(27,28)12-4-6-15(20)14(10-12)18(21,22)23;12-8-3-4-9(10(13)7-8)11(15)14-5-1-2-6-14;8-6-2-1-4(15(9,13)14)3-5(6)7(10,11)12/h3-6,9-10,24H,1-2,7-8H2;3-4,7H,1-2,5-6,13H2;1-3H. The van der Waals surface area contributed by atoms with Crippen molar-refractivity contribution in [2.45, 2.75) is 47.8 Å². The molecule has 0 saturated carbocycles. The van der Waals surface area contributed by atoms with Gasteiger partial charge in [-0.25, -0.2) is 16.8 Å². The molecule has 2 aliphatic rings. The summed E-state index contributed by atoms with van der Waals surface area (Å²) in [6.07, 6.45) is -5.69. The molecule has 2 fully saturated rings. The predicted molar refractivity (Wildman–Crippen MR) is 214 cm³/mol. The second-order valence-electron chi connectivity index (χ2n) is 12.7. The molecule has 10 nitrogen and oxygen atoms in total. The van der Waals surface area contributed by atoms with Crippen LogP contribution in [0.1, 0.15) is 57.5 Å². The first-order valence-electron chi connectivity index (χ1n) is 16.9. The Morgan fingerprint density at radius 1 is 0.593 bits per heavy atom. The lowest BCUT2D eigenvalue weighted by Crippen LogP contribution is -2.29. The zero-order valence-electron chi connectivity index (χ0n) is 30.0. The van der Waals surface area contributed by atoms with Gasteiger partial charge in [0.25, 0.3) is 30.9 Å². The number of nitrogens with two attached hydrogens (primary N) is 1. The molecule has 0 radical (unpaired) electrons. The van der Waals surface area contributed by atoms with Crippen molar-refractivity contribution >= 4 is 99.3 Å². The summed E-state index contributed by atoms with van der Waals surface area (Å²) in [6, 6.07) is 13.4. The fraction of sp³-hybridized carbons (Fsp3) is 0.278. The maximum atomic E-state index is 13.1. The Morgan fingerprint density at radius 2 is 1.00 bits per heavy atom. The van der Waals surface area contributed by atoms with Crippen LogP contribution < -0.4 is 10.5 Å². The molecule has 3 N–H and O–H groups in total. The second-order valence-corrected chi connectivity index (χ2v) is 18.7. The van der Waals surface area contributed by atoms with Crippen LogP contribution in [-0.2, 0) is 31.4 Å². The average molecular weight is 971 g/mol. The Bertz CT molecular complexity index is 2430. The molecule has 2 amide bonds. The number of amides is 2. The highest BCUT2D eigenvalue weighted by atomic mass is 35.7. The molecule has 6 rings (SSSR count). The topological polar surface area (TPSA) is 147 Å². The van der Waals surface area contributed by atoms with Crippen LogP contribution in [0.15, 0.2) is 82.6 Å². The third-order valence-electron chi connectivity index (χ3n) is 8.57. The molecule has 0 aromatic heterocycles. The quantitative estimate of drug-likeness (QED) is 0.111. The summed E-state index contributed by atoms with van der Waals surface area (Å²) in [7, 11) is -3.74. The molecule has 23 heteroatoms. The predicted octanol–water partition coefficient (Wildman–Crippen LogP) is 10.5. The summed E-state index contributed by atoms with van der Waals surface area (Å²) in [5.41, 5.74) is 4.21. The van der Waals surface area contributed by atoms with Gasteiger partial charge in [0.2, 0.25) is 0 Å². The highest BCUT2D eigenvalue weighted by Gasteiger charge is 2.36. The lowest BCUT2D eigenvalue weighted by molar-refractivity contribution is -0.138. The minimum absolute atomic E-state index is 0.0154. The molecule has 0 atom stereocenters. The number of carbonyl (C=O) groups is 2.